The molecule has 0 aliphatic rings. The summed E-state index contributed by atoms with van der Waals surface area (Å²) in [6.07, 6.45) is -2.75. The number of pyridine rings is 2. The van der Waals surface area contributed by atoms with Gasteiger partial charge < -0.3 is 19.8 Å². The van der Waals surface area contributed by atoms with Crippen molar-refractivity contribution < 1.29 is 27.4 Å². The maximum Gasteiger partial charge on any atom is 0.417 e. The minimum Gasteiger partial charge on any atom is -0.475 e. The van der Waals surface area contributed by atoms with E-state index >= 15 is 0 Å². The minimum absolute atomic E-state index is 0.0274. The Bertz CT molecular complexity index is 805. The van der Waals surface area contributed by atoms with Crippen LogP contribution in [-0.2, 0) is 10.9 Å². The van der Waals surface area contributed by atoms with Crippen LogP contribution in [0.4, 0.5) is 18.9 Å². The number of methoxy groups -OCH3 is 1. The zero-order chi connectivity index (χ0) is 18.4. The summed E-state index contributed by atoms with van der Waals surface area (Å²) in [5, 5.41) is 2.14. The molecule has 7 nitrogen and oxygen atoms in total. The van der Waals surface area contributed by atoms with Crippen LogP contribution in [0.25, 0.3) is 0 Å². The van der Waals surface area contributed by atoms with Gasteiger partial charge in [0.2, 0.25) is 5.88 Å². The molecule has 2 heterocycles. The summed E-state index contributed by atoms with van der Waals surface area (Å²) in [6.45, 7) is 0.378. The molecule has 0 unspecified atom stereocenters. The van der Waals surface area contributed by atoms with Crippen molar-refractivity contribution in [2.45, 2.75) is 6.18 Å². The number of H-pyrrole nitrogens is 1. The molecule has 0 saturated carbocycles. The lowest BCUT2D eigenvalue weighted by atomic mass is 10.2. The second-order valence-electron chi connectivity index (χ2n) is 4.78. The standard InChI is InChI=1S/C15H14F3N3O4/c1-24-5-6-25-14-10(3-2-4-19-14)12(22)21-11-7-9(15(16,17)18)8-20-13(11)23/h2-4,7-8H,5-6H2,1H3,(H,20,23)(H,21,22). The van der Waals surface area contributed by atoms with Gasteiger partial charge in [-0.2, -0.15) is 13.2 Å². The topological polar surface area (TPSA) is 93.3 Å². The maximum absolute atomic E-state index is 12.7. The molecular weight excluding hydrogens is 343 g/mol. The number of carbonyl (C=O) groups is 1. The molecule has 25 heavy (non-hydrogen) atoms. The van der Waals surface area contributed by atoms with Crippen LogP contribution in [0, 0.1) is 0 Å². The van der Waals surface area contributed by atoms with Gasteiger partial charge in [-0.1, -0.05) is 0 Å². The zero-order valence-corrected chi connectivity index (χ0v) is 13.0. The lowest BCUT2D eigenvalue weighted by Crippen LogP contribution is -2.22. The van der Waals surface area contributed by atoms with E-state index in [-0.39, 0.29) is 24.7 Å². The first-order valence-electron chi connectivity index (χ1n) is 7.01. The minimum atomic E-state index is -4.66. The van der Waals surface area contributed by atoms with E-state index in [1.54, 1.807) is 0 Å². The van der Waals surface area contributed by atoms with E-state index in [0.29, 0.717) is 12.3 Å². The third kappa shape index (κ3) is 4.80. The summed E-state index contributed by atoms with van der Waals surface area (Å²) in [6, 6.07) is 3.37. The van der Waals surface area contributed by atoms with E-state index in [4.69, 9.17) is 9.47 Å². The molecular formula is C15H14F3N3O4. The monoisotopic (exact) mass is 357 g/mol. The molecule has 2 aromatic rings. The molecule has 134 valence electrons. The lowest BCUT2D eigenvalue weighted by molar-refractivity contribution is -0.137. The summed E-state index contributed by atoms with van der Waals surface area (Å²) in [4.78, 5) is 29.8. The highest BCUT2D eigenvalue weighted by molar-refractivity contribution is 6.05. The molecule has 2 rings (SSSR count). The number of hydrogen-bond donors (Lipinski definition) is 2. The molecule has 10 heteroatoms. The summed E-state index contributed by atoms with van der Waals surface area (Å²) in [5.41, 5.74) is -2.53. The Hall–Kier alpha value is -2.88. The molecule has 0 radical (unpaired) electrons. The van der Waals surface area contributed by atoms with E-state index in [1.165, 1.54) is 25.4 Å². The Morgan fingerprint density at radius 1 is 1.36 bits per heavy atom. The number of aromatic nitrogens is 2. The molecule has 0 bridgehead atoms. The number of hydrogen-bond acceptors (Lipinski definition) is 5. The number of amides is 1. The van der Waals surface area contributed by atoms with Gasteiger partial charge in [-0.3, -0.25) is 9.59 Å². The van der Waals surface area contributed by atoms with Gasteiger partial charge in [0, 0.05) is 19.5 Å². The van der Waals surface area contributed by atoms with E-state index in [9.17, 15) is 22.8 Å². The Morgan fingerprint density at radius 3 is 2.80 bits per heavy atom. The Kier molecular flexibility index (Phi) is 5.75. The van der Waals surface area contributed by atoms with Crippen LogP contribution >= 0.6 is 0 Å². The van der Waals surface area contributed by atoms with Crippen LogP contribution in [0.15, 0.2) is 35.4 Å². The van der Waals surface area contributed by atoms with Gasteiger partial charge in [-0.05, 0) is 18.2 Å². The largest absolute Gasteiger partial charge is 0.475 e. The number of aromatic amines is 1. The third-order valence-electron chi connectivity index (χ3n) is 3.02. The third-order valence-corrected chi connectivity index (χ3v) is 3.02. The lowest BCUT2D eigenvalue weighted by Gasteiger charge is -2.11. The number of nitrogens with zero attached hydrogens (tertiary/aromatic N) is 1. The van der Waals surface area contributed by atoms with Gasteiger partial charge in [0.1, 0.15) is 17.9 Å². The molecule has 2 aromatic heterocycles. The summed E-state index contributed by atoms with van der Waals surface area (Å²) < 4.78 is 48.3. The van der Waals surface area contributed by atoms with Crippen LogP contribution in [0.5, 0.6) is 5.88 Å². The van der Waals surface area contributed by atoms with E-state index in [2.05, 4.69) is 10.3 Å². The smallest absolute Gasteiger partial charge is 0.417 e. The first-order valence-corrected chi connectivity index (χ1v) is 7.01. The van der Waals surface area contributed by atoms with Crippen molar-refractivity contribution in [1.82, 2.24) is 9.97 Å². The predicted octanol–water partition coefficient (Wildman–Crippen LogP) is 2.07. The molecule has 1 amide bonds. The quantitative estimate of drug-likeness (QED) is 0.772. The second-order valence-corrected chi connectivity index (χ2v) is 4.78. The van der Waals surface area contributed by atoms with Crippen molar-refractivity contribution in [3.05, 3.63) is 52.1 Å². The number of alkyl halides is 3. The van der Waals surface area contributed by atoms with Gasteiger partial charge in [0.25, 0.3) is 11.5 Å². The summed E-state index contributed by atoms with van der Waals surface area (Å²) >= 11 is 0. The predicted molar refractivity (Wildman–Crippen MR) is 81.6 cm³/mol. The van der Waals surface area contributed by atoms with Crippen LogP contribution in [0.1, 0.15) is 15.9 Å². The van der Waals surface area contributed by atoms with Crippen molar-refractivity contribution in [3.8, 4) is 5.88 Å². The van der Waals surface area contributed by atoms with E-state index in [1.807, 2.05) is 4.98 Å². The second kappa shape index (κ2) is 7.79. The first kappa shape index (κ1) is 18.5. The Morgan fingerprint density at radius 2 is 2.12 bits per heavy atom. The highest BCUT2D eigenvalue weighted by Gasteiger charge is 2.31. The van der Waals surface area contributed by atoms with E-state index in [0.717, 1.165) is 0 Å². The number of anilines is 1. The highest BCUT2D eigenvalue weighted by atomic mass is 19.4. The van der Waals surface area contributed by atoms with Gasteiger partial charge in [-0.25, -0.2) is 4.98 Å². The number of rotatable bonds is 6. The molecule has 0 fully saturated rings. The van der Waals surface area contributed by atoms with Gasteiger partial charge in [0.05, 0.1) is 12.2 Å². The fourth-order valence-corrected chi connectivity index (χ4v) is 1.83. The van der Waals surface area contributed by atoms with Gasteiger partial charge in [-0.15, -0.1) is 0 Å². The molecule has 0 aliphatic heterocycles. The Labute approximate surface area is 139 Å². The molecule has 0 atom stereocenters. The first-order chi connectivity index (χ1) is 11.8. The van der Waals surface area contributed by atoms with Crippen molar-refractivity contribution in [1.29, 1.82) is 0 Å². The Balaban J connectivity index is 2.24. The normalized spacial score (nSPS) is 11.2. The SMILES string of the molecule is COCCOc1ncccc1C(=O)Nc1cc(C(F)(F)F)c[nH]c1=O. The van der Waals surface area contributed by atoms with Crippen molar-refractivity contribution in [2.75, 3.05) is 25.6 Å². The zero-order valence-electron chi connectivity index (χ0n) is 13.0. The molecule has 0 aliphatic carbocycles. The molecule has 0 saturated heterocycles. The summed E-state index contributed by atoms with van der Waals surface area (Å²) in [5.74, 6) is -0.856. The fourth-order valence-electron chi connectivity index (χ4n) is 1.83. The number of carbonyl (C=O) groups excluding carboxylic acids is 1. The van der Waals surface area contributed by atoms with E-state index < -0.39 is 28.9 Å². The average Bonchev–Trinajstić information content (AvgIpc) is 2.56. The average molecular weight is 357 g/mol. The van der Waals surface area contributed by atoms with Crippen LogP contribution in [0.3, 0.4) is 0 Å². The van der Waals surface area contributed by atoms with Crippen molar-refractivity contribution in [3.63, 3.8) is 0 Å². The molecule has 0 spiro atoms. The molecule has 0 aromatic carbocycles. The number of halogens is 3. The number of ether oxygens (including phenoxy) is 2. The number of nitrogens with one attached hydrogen (secondary N) is 2. The fraction of sp³-hybridized carbons (Fsp3) is 0.267. The maximum atomic E-state index is 12.7. The van der Waals surface area contributed by atoms with Gasteiger partial charge >= 0.3 is 6.18 Å². The van der Waals surface area contributed by atoms with Crippen LogP contribution in [0.2, 0.25) is 0 Å². The van der Waals surface area contributed by atoms with Crippen molar-refractivity contribution in [2.24, 2.45) is 0 Å². The van der Waals surface area contributed by atoms with Crippen LogP contribution < -0.4 is 15.6 Å². The highest BCUT2D eigenvalue weighted by Crippen LogP contribution is 2.29. The van der Waals surface area contributed by atoms with Crippen molar-refractivity contribution >= 4 is 11.6 Å². The van der Waals surface area contributed by atoms with Gasteiger partial charge in [0.15, 0.2) is 0 Å². The molecule has 2 N–H and O–H groups in total. The van der Waals surface area contributed by atoms with Crippen LogP contribution in [-0.4, -0.2) is 36.2 Å². The summed E-state index contributed by atoms with van der Waals surface area (Å²) in [7, 11) is 1.47.